The maximum absolute atomic E-state index is 12.1. The van der Waals surface area contributed by atoms with Crippen LogP contribution >= 0.6 is 11.6 Å². The van der Waals surface area contributed by atoms with Crippen LogP contribution in [-0.2, 0) is 9.53 Å². The van der Waals surface area contributed by atoms with Crippen LogP contribution in [0.1, 0.15) is 17.3 Å². The molecule has 0 heterocycles. The third kappa shape index (κ3) is 5.12. The standard InChI is InChI=1S/C18H19ClN2O4/c1-3-25-18(23)13-6-4-5-7-15(13)20-11-17(22)21-12-8-9-16(24-2)14(19)10-12/h4-10,20H,3,11H2,1-2H3,(H,21,22). The lowest BCUT2D eigenvalue weighted by Gasteiger charge is -2.12. The molecule has 0 spiro atoms. The van der Waals surface area contributed by atoms with Gasteiger partial charge in [-0.1, -0.05) is 23.7 Å². The Kier molecular flexibility index (Phi) is 6.65. The van der Waals surface area contributed by atoms with Gasteiger partial charge >= 0.3 is 5.97 Å². The number of carbonyl (C=O) groups excluding carboxylic acids is 2. The molecule has 0 saturated carbocycles. The van der Waals surface area contributed by atoms with Crippen LogP contribution in [0.4, 0.5) is 11.4 Å². The van der Waals surface area contributed by atoms with Gasteiger partial charge in [-0.25, -0.2) is 4.79 Å². The van der Waals surface area contributed by atoms with Crippen molar-refractivity contribution >= 4 is 34.9 Å². The van der Waals surface area contributed by atoms with Crippen LogP contribution in [0, 0.1) is 0 Å². The predicted octanol–water partition coefficient (Wildman–Crippen LogP) is 3.58. The van der Waals surface area contributed by atoms with Crippen molar-refractivity contribution in [3.05, 3.63) is 53.1 Å². The minimum absolute atomic E-state index is 0.0138. The summed E-state index contributed by atoms with van der Waals surface area (Å²) in [6.45, 7) is 2.01. The summed E-state index contributed by atoms with van der Waals surface area (Å²) in [4.78, 5) is 24.0. The number of nitrogens with one attached hydrogen (secondary N) is 2. The third-order valence-corrected chi connectivity index (χ3v) is 3.59. The first-order valence-electron chi connectivity index (χ1n) is 7.68. The zero-order valence-electron chi connectivity index (χ0n) is 14.0. The molecular formula is C18H19ClN2O4. The topological polar surface area (TPSA) is 76.7 Å². The number of benzene rings is 2. The average molecular weight is 363 g/mol. The second kappa shape index (κ2) is 8.94. The van der Waals surface area contributed by atoms with E-state index in [0.29, 0.717) is 27.7 Å². The van der Waals surface area contributed by atoms with Crippen LogP contribution in [0.2, 0.25) is 5.02 Å². The van der Waals surface area contributed by atoms with Gasteiger partial charge in [0.1, 0.15) is 5.75 Å². The Bertz CT molecular complexity index is 764. The van der Waals surface area contributed by atoms with Gasteiger partial charge in [0.05, 0.1) is 30.8 Å². The van der Waals surface area contributed by atoms with Crippen molar-refractivity contribution in [2.45, 2.75) is 6.92 Å². The second-order valence-electron chi connectivity index (χ2n) is 5.02. The Balaban J connectivity index is 1.98. The lowest BCUT2D eigenvalue weighted by atomic mass is 10.2. The number of ether oxygens (including phenoxy) is 2. The molecule has 2 aromatic carbocycles. The van der Waals surface area contributed by atoms with Crippen molar-refractivity contribution in [3.8, 4) is 5.75 Å². The van der Waals surface area contributed by atoms with Crippen molar-refractivity contribution in [3.63, 3.8) is 0 Å². The molecule has 0 aliphatic rings. The van der Waals surface area contributed by atoms with Crippen LogP contribution in [0.3, 0.4) is 0 Å². The minimum Gasteiger partial charge on any atom is -0.495 e. The number of para-hydroxylation sites is 1. The number of halogens is 1. The normalized spacial score (nSPS) is 10.0. The van der Waals surface area contributed by atoms with Crippen LogP contribution in [0.15, 0.2) is 42.5 Å². The fourth-order valence-corrected chi connectivity index (χ4v) is 2.41. The molecule has 0 aromatic heterocycles. The van der Waals surface area contributed by atoms with Crippen molar-refractivity contribution in [2.75, 3.05) is 30.9 Å². The van der Waals surface area contributed by atoms with Crippen LogP contribution in [0.25, 0.3) is 0 Å². The summed E-state index contributed by atoms with van der Waals surface area (Å²) in [5, 5.41) is 6.06. The summed E-state index contributed by atoms with van der Waals surface area (Å²) in [5.41, 5.74) is 1.46. The Morgan fingerprint density at radius 1 is 1.16 bits per heavy atom. The number of anilines is 2. The van der Waals surface area contributed by atoms with E-state index in [-0.39, 0.29) is 19.1 Å². The van der Waals surface area contributed by atoms with Crippen molar-refractivity contribution in [1.82, 2.24) is 0 Å². The maximum Gasteiger partial charge on any atom is 0.340 e. The van der Waals surface area contributed by atoms with Gasteiger partial charge in [-0.15, -0.1) is 0 Å². The van der Waals surface area contributed by atoms with Crippen LogP contribution in [0.5, 0.6) is 5.75 Å². The predicted molar refractivity (Wildman–Crippen MR) is 97.5 cm³/mol. The molecule has 0 unspecified atom stereocenters. The Hall–Kier alpha value is -2.73. The first kappa shape index (κ1) is 18.6. The summed E-state index contributed by atoms with van der Waals surface area (Å²) in [7, 11) is 1.52. The van der Waals surface area contributed by atoms with E-state index in [1.165, 1.54) is 7.11 Å². The van der Waals surface area contributed by atoms with Gasteiger partial charge in [0.2, 0.25) is 5.91 Å². The van der Waals surface area contributed by atoms with E-state index in [9.17, 15) is 9.59 Å². The number of methoxy groups -OCH3 is 1. The maximum atomic E-state index is 12.1. The van der Waals surface area contributed by atoms with E-state index in [0.717, 1.165) is 0 Å². The van der Waals surface area contributed by atoms with Gasteiger partial charge in [0.15, 0.2) is 0 Å². The lowest BCUT2D eigenvalue weighted by molar-refractivity contribution is -0.114. The van der Waals surface area contributed by atoms with Gasteiger partial charge in [-0.2, -0.15) is 0 Å². The fourth-order valence-electron chi connectivity index (χ4n) is 2.15. The molecule has 7 heteroatoms. The molecule has 0 saturated heterocycles. The molecule has 0 fully saturated rings. The molecule has 132 valence electrons. The van der Waals surface area contributed by atoms with Gasteiger partial charge in [-0.05, 0) is 37.3 Å². The Morgan fingerprint density at radius 2 is 1.92 bits per heavy atom. The zero-order valence-corrected chi connectivity index (χ0v) is 14.7. The lowest BCUT2D eigenvalue weighted by Crippen LogP contribution is -2.22. The first-order chi connectivity index (χ1) is 12.0. The highest BCUT2D eigenvalue weighted by atomic mass is 35.5. The van der Waals surface area contributed by atoms with Crippen molar-refractivity contribution in [2.24, 2.45) is 0 Å². The number of hydrogen-bond donors (Lipinski definition) is 2. The Labute approximate surface area is 151 Å². The fraction of sp³-hybridized carbons (Fsp3) is 0.222. The van der Waals surface area contributed by atoms with E-state index >= 15 is 0 Å². The van der Waals surface area contributed by atoms with E-state index in [4.69, 9.17) is 21.1 Å². The highest BCUT2D eigenvalue weighted by Gasteiger charge is 2.12. The second-order valence-corrected chi connectivity index (χ2v) is 5.42. The third-order valence-electron chi connectivity index (χ3n) is 3.30. The van der Waals surface area contributed by atoms with Gasteiger partial charge in [0.25, 0.3) is 0 Å². The molecule has 2 N–H and O–H groups in total. The number of carbonyl (C=O) groups is 2. The number of rotatable bonds is 7. The van der Waals surface area contributed by atoms with Gasteiger partial charge < -0.3 is 20.1 Å². The molecule has 2 rings (SSSR count). The molecule has 2 aromatic rings. The highest BCUT2D eigenvalue weighted by Crippen LogP contribution is 2.27. The van der Waals surface area contributed by atoms with Crippen molar-refractivity contribution in [1.29, 1.82) is 0 Å². The summed E-state index contributed by atoms with van der Waals surface area (Å²) in [6, 6.07) is 11.8. The van der Waals surface area contributed by atoms with Crippen LogP contribution in [-0.4, -0.2) is 32.1 Å². The molecule has 0 atom stereocenters. The molecule has 0 radical (unpaired) electrons. The van der Waals surface area contributed by atoms with Crippen LogP contribution < -0.4 is 15.4 Å². The highest BCUT2D eigenvalue weighted by molar-refractivity contribution is 6.32. The van der Waals surface area contributed by atoms with Gasteiger partial charge in [-0.3, -0.25) is 4.79 Å². The summed E-state index contributed by atoms with van der Waals surface area (Å²) < 4.78 is 10.1. The number of esters is 1. The van der Waals surface area contributed by atoms with E-state index in [1.54, 1.807) is 49.4 Å². The summed E-state index contributed by atoms with van der Waals surface area (Å²) in [6.07, 6.45) is 0. The summed E-state index contributed by atoms with van der Waals surface area (Å²) in [5.74, 6) is -0.186. The quantitative estimate of drug-likeness (QED) is 0.736. The minimum atomic E-state index is -0.437. The molecule has 0 bridgehead atoms. The summed E-state index contributed by atoms with van der Waals surface area (Å²) >= 11 is 6.03. The van der Waals surface area contributed by atoms with Crippen molar-refractivity contribution < 1.29 is 19.1 Å². The zero-order chi connectivity index (χ0) is 18.2. The van der Waals surface area contributed by atoms with E-state index < -0.39 is 5.97 Å². The molecule has 0 aliphatic heterocycles. The molecular weight excluding hydrogens is 344 g/mol. The molecule has 0 aliphatic carbocycles. The molecule has 25 heavy (non-hydrogen) atoms. The number of hydrogen-bond acceptors (Lipinski definition) is 5. The van der Waals surface area contributed by atoms with E-state index in [2.05, 4.69) is 10.6 Å². The SMILES string of the molecule is CCOC(=O)c1ccccc1NCC(=O)Nc1ccc(OC)c(Cl)c1. The Morgan fingerprint density at radius 3 is 2.60 bits per heavy atom. The van der Waals surface area contributed by atoms with Gasteiger partial charge in [0, 0.05) is 11.4 Å². The smallest absolute Gasteiger partial charge is 0.340 e. The molecule has 1 amide bonds. The first-order valence-corrected chi connectivity index (χ1v) is 8.06. The largest absolute Gasteiger partial charge is 0.495 e. The molecule has 6 nitrogen and oxygen atoms in total. The average Bonchev–Trinajstić information content (AvgIpc) is 2.60. The van der Waals surface area contributed by atoms with E-state index in [1.807, 2.05) is 0 Å². The monoisotopic (exact) mass is 362 g/mol. The number of amides is 1.